The Morgan fingerprint density at radius 1 is 1.75 bits per heavy atom. The van der Waals surface area contributed by atoms with Crippen LogP contribution in [0.25, 0.3) is 0 Å². The second-order valence-corrected chi connectivity index (χ2v) is 4.75. The molecule has 0 unspecified atom stereocenters. The maximum absolute atomic E-state index is 10.6. The van der Waals surface area contributed by atoms with Crippen LogP contribution in [0.15, 0.2) is 0 Å². The molecule has 0 spiro atoms. The zero-order chi connectivity index (χ0) is 9.35. The Hall–Kier alpha value is -0.710. The zero-order valence-electron chi connectivity index (χ0n) is 6.98. The van der Waals surface area contributed by atoms with E-state index < -0.39 is 12.0 Å². The number of carboxylic acids is 1. The number of aliphatic carboxylic acids is 1. The lowest BCUT2D eigenvalue weighted by Gasteiger charge is -2.28. The highest BCUT2D eigenvalue weighted by molar-refractivity contribution is 8.00. The number of amides is 1. The van der Waals surface area contributed by atoms with E-state index in [4.69, 9.17) is 5.11 Å². The van der Waals surface area contributed by atoms with E-state index in [-0.39, 0.29) is 4.87 Å². The Bertz CT molecular complexity index is 217. The summed E-state index contributed by atoms with van der Waals surface area (Å²) >= 11 is 1.48. The third-order valence-electron chi connectivity index (χ3n) is 1.95. The van der Waals surface area contributed by atoms with Gasteiger partial charge < -0.3 is 10.0 Å². The molecular formula is C7H11NO3S. The van der Waals surface area contributed by atoms with Gasteiger partial charge in [0.25, 0.3) is 0 Å². The third kappa shape index (κ3) is 1.41. The molecule has 1 aliphatic heterocycles. The molecule has 0 aromatic heterocycles. The summed E-state index contributed by atoms with van der Waals surface area (Å²) in [6.45, 7) is 3.68. The molecular weight excluding hydrogens is 178 g/mol. The largest absolute Gasteiger partial charge is 0.480 e. The fourth-order valence-electron chi connectivity index (χ4n) is 1.20. The van der Waals surface area contributed by atoms with Gasteiger partial charge in [-0.05, 0) is 13.8 Å². The van der Waals surface area contributed by atoms with Crippen LogP contribution in [0.1, 0.15) is 13.8 Å². The van der Waals surface area contributed by atoms with Gasteiger partial charge in [-0.2, -0.15) is 0 Å². The first-order chi connectivity index (χ1) is 5.49. The van der Waals surface area contributed by atoms with Crippen molar-refractivity contribution in [2.24, 2.45) is 0 Å². The Morgan fingerprint density at radius 2 is 2.33 bits per heavy atom. The van der Waals surface area contributed by atoms with E-state index in [0.29, 0.717) is 12.2 Å². The quantitative estimate of drug-likeness (QED) is 0.638. The van der Waals surface area contributed by atoms with E-state index in [2.05, 4.69) is 0 Å². The molecule has 1 aliphatic rings. The van der Waals surface area contributed by atoms with Gasteiger partial charge >= 0.3 is 5.97 Å². The summed E-state index contributed by atoms with van der Waals surface area (Å²) in [6, 6.07) is -0.664. The van der Waals surface area contributed by atoms with Crippen LogP contribution >= 0.6 is 11.8 Å². The van der Waals surface area contributed by atoms with Crippen LogP contribution < -0.4 is 0 Å². The molecule has 1 heterocycles. The van der Waals surface area contributed by atoms with E-state index in [0.717, 1.165) is 0 Å². The van der Waals surface area contributed by atoms with Gasteiger partial charge in [0, 0.05) is 5.75 Å². The fraction of sp³-hybridized carbons (Fsp3) is 0.714. The van der Waals surface area contributed by atoms with Crippen LogP contribution in [-0.2, 0) is 9.59 Å². The Kier molecular flexibility index (Phi) is 2.32. The maximum atomic E-state index is 10.6. The van der Waals surface area contributed by atoms with E-state index in [1.165, 1.54) is 16.7 Å². The minimum atomic E-state index is -0.930. The maximum Gasteiger partial charge on any atom is 0.327 e. The number of thioether (sulfide) groups is 1. The van der Waals surface area contributed by atoms with Crippen molar-refractivity contribution in [3.05, 3.63) is 0 Å². The van der Waals surface area contributed by atoms with Crippen LogP contribution in [0.2, 0.25) is 0 Å². The van der Waals surface area contributed by atoms with E-state index in [1.54, 1.807) is 0 Å². The molecule has 0 aliphatic carbocycles. The molecule has 1 amide bonds. The number of carbonyl (C=O) groups is 2. The van der Waals surface area contributed by atoms with Crippen molar-refractivity contribution >= 4 is 24.1 Å². The molecule has 1 rings (SSSR count). The molecule has 68 valence electrons. The first-order valence-corrected chi connectivity index (χ1v) is 4.58. The van der Waals surface area contributed by atoms with Crippen molar-refractivity contribution in [1.29, 1.82) is 0 Å². The molecule has 0 bridgehead atoms. The minimum absolute atomic E-state index is 0.384. The summed E-state index contributed by atoms with van der Waals surface area (Å²) in [7, 11) is 0. The molecule has 1 fully saturated rings. The Morgan fingerprint density at radius 3 is 2.67 bits per heavy atom. The first kappa shape index (κ1) is 9.38. The second-order valence-electron chi connectivity index (χ2n) is 3.12. The smallest absolute Gasteiger partial charge is 0.327 e. The monoisotopic (exact) mass is 189 g/mol. The van der Waals surface area contributed by atoms with E-state index in [1.807, 2.05) is 13.8 Å². The summed E-state index contributed by atoms with van der Waals surface area (Å²) in [5, 5.41) is 8.73. The van der Waals surface area contributed by atoms with Crippen LogP contribution in [-0.4, -0.2) is 39.1 Å². The molecule has 1 N–H and O–H groups in total. The average Bonchev–Trinajstić information content (AvgIpc) is 2.24. The average molecular weight is 189 g/mol. The highest BCUT2D eigenvalue weighted by atomic mass is 32.2. The molecule has 0 radical (unpaired) electrons. The van der Waals surface area contributed by atoms with Crippen molar-refractivity contribution in [2.45, 2.75) is 24.8 Å². The molecule has 12 heavy (non-hydrogen) atoms. The van der Waals surface area contributed by atoms with E-state index >= 15 is 0 Å². The number of carboxylic acid groups (broad SMARTS) is 1. The van der Waals surface area contributed by atoms with Crippen molar-refractivity contribution in [1.82, 2.24) is 4.90 Å². The highest BCUT2D eigenvalue weighted by Gasteiger charge is 2.42. The van der Waals surface area contributed by atoms with Crippen molar-refractivity contribution in [3.63, 3.8) is 0 Å². The van der Waals surface area contributed by atoms with Crippen molar-refractivity contribution in [3.8, 4) is 0 Å². The molecule has 5 heteroatoms. The second kappa shape index (κ2) is 2.97. The lowest BCUT2D eigenvalue weighted by atomic mass is 10.2. The lowest BCUT2D eigenvalue weighted by molar-refractivity contribution is -0.146. The predicted molar refractivity (Wildman–Crippen MR) is 45.9 cm³/mol. The van der Waals surface area contributed by atoms with Gasteiger partial charge in [0.2, 0.25) is 6.41 Å². The minimum Gasteiger partial charge on any atom is -0.480 e. The number of carbonyl (C=O) groups excluding carboxylic acids is 1. The van der Waals surface area contributed by atoms with Gasteiger partial charge in [0.15, 0.2) is 0 Å². The fourth-order valence-corrected chi connectivity index (χ4v) is 2.39. The molecule has 1 saturated heterocycles. The molecule has 4 nitrogen and oxygen atoms in total. The summed E-state index contributed by atoms with van der Waals surface area (Å²) in [5.74, 6) is -0.457. The third-order valence-corrected chi connectivity index (χ3v) is 3.35. The number of hydrogen-bond donors (Lipinski definition) is 1. The normalized spacial score (nSPS) is 27.2. The lowest BCUT2D eigenvalue weighted by Crippen LogP contribution is -2.45. The summed E-state index contributed by atoms with van der Waals surface area (Å²) < 4.78 is 0. The summed E-state index contributed by atoms with van der Waals surface area (Å²) in [5.41, 5.74) is 0. The van der Waals surface area contributed by atoms with E-state index in [9.17, 15) is 9.59 Å². The van der Waals surface area contributed by atoms with Gasteiger partial charge in [0.1, 0.15) is 6.04 Å². The van der Waals surface area contributed by atoms with Gasteiger partial charge in [-0.15, -0.1) is 11.8 Å². The van der Waals surface area contributed by atoms with Crippen LogP contribution in [0, 0.1) is 0 Å². The van der Waals surface area contributed by atoms with Gasteiger partial charge in [-0.25, -0.2) is 4.79 Å². The Labute approximate surface area is 74.9 Å². The SMILES string of the molecule is CC1(C)SC[C@@H](C(=O)O)N1C=O. The standard InChI is InChI=1S/C7H11NO3S/c1-7(2)8(4-9)5(3-12-7)6(10)11/h4-5H,3H2,1-2H3,(H,10,11)/t5-/m0/s1. The van der Waals surface area contributed by atoms with Crippen LogP contribution in [0.5, 0.6) is 0 Å². The zero-order valence-corrected chi connectivity index (χ0v) is 7.80. The topological polar surface area (TPSA) is 57.6 Å². The number of hydrogen-bond acceptors (Lipinski definition) is 3. The number of nitrogens with zero attached hydrogens (tertiary/aromatic N) is 1. The molecule has 0 saturated carbocycles. The van der Waals surface area contributed by atoms with Gasteiger partial charge in [0.05, 0.1) is 4.87 Å². The van der Waals surface area contributed by atoms with Crippen molar-refractivity contribution < 1.29 is 14.7 Å². The summed E-state index contributed by atoms with van der Waals surface area (Å²) in [6.07, 6.45) is 0.610. The van der Waals surface area contributed by atoms with Crippen molar-refractivity contribution in [2.75, 3.05) is 5.75 Å². The van der Waals surface area contributed by atoms with Crippen LogP contribution in [0.4, 0.5) is 0 Å². The highest BCUT2D eigenvalue weighted by Crippen LogP contribution is 2.37. The number of rotatable bonds is 2. The Balaban J connectivity index is 2.83. The van der Waals surface area contributed by atoms with Gasteiger partial charge in [-0.3, -0.25) is 4.79 Å². The molecule has 0 aromatic rings. The predicted octanol–water partition coefficient (Wildman–Crippen LogP) is 0.381. The summed E-state index contributed by atoms with van der Waals surface area (Å²) in [4.78, 5) is 22.2. The van der Waals surface area contributed by atoms with Crippen LogP contribution in [0.3, 0.4) is 0 Å². The molecule has 1 atom stereocenters. The van der Waals surface area contributed by atoms with Gasteiger partial charge in [-0.1, -0.05) is 0 Å². The first-order valence-electron chi connectivity index (χ1n) is 3.59. The molecule has 0 aromatic carbocycles.